The zero-order valence-corrected chi connectivity index (χ0v) is 15.6. The Kier molecular flexibility index (Phi) is 7.14. The van der Waals surface area contributed by atoms with Crippen LogP contribution >= 0.6 is 0 Å². The van der Waals surface area contributed by atoms with Crippen LogP contribution in [0.5, 0.6) is 11.5 Å². The van der Waals surface area contributed by atoms with Gasteiger partial charge in [0.15, 0.2) is 0 Å². The average molecular weight is 396 g/mol. The molecule has 0 radical (unpaired) electrons. The highest BCUT2D eigenvalue weighted by atomic mass is 32.2. The van der Waals surface area contributed by atoms with Gasteiger partial charge in [0.1, 0.15) is 17.3 Å². The van der Waals surface area contributed by atoms with E-state index in [-0.39, 0.29) is 22.0 Å². The molecule has 0 fully saturated rings. The number of hydrogen-bond acceptors (Lipinski definition) is 5. The molecule has 0 aliphatic carbocycles. The first-order valence-corrected chi connectivity index (χ1v) is 9.73. The largest absolute Gasteiger partial charge is 0.496 e. The second-order valence-corrected chi connectivity index (χ2v) is 7.23. The summed E-state index contributed by atoms with van der Waals surface area (Å²) in [6.45, 7) is 0.792. The molecule has 2 aromatic rings. The second-order valence-electron chi connectivity index (χ2n) is 5.67. The monoisotopic (exact) mass is 396 g/mol. The van der Waals surface area contributed by atoms with E-state index < -0.39 is 15.9 Å². The Hall–Kier alpha value is -2.65. The average Bonchev–Trinajstić information content (AvgIpc) is 2.64. The minimum absolute atomic E-state index is 0.0894. The van der Waals surface area contributed by atoms with Gasteiger partial charge < -0.3 is 14.8 Å². The number of nitrogens with two attached hydrogens (primary N) is 1. The number of ether oxygens (including phenoxy) is 2. The molecular weight excluding hydrogens is 375 g/mol. The van der Waals surface area contributed by atoms with Crippen molar-refractivity contribution < 1.29 is 27.1 Å². The number of hydrogen-bond donors (Lipinski definition) is 2. The molecule has 0 spiro atoms. The topological polar surface area (TPSA) is 108 Å². The first kappa shape index (κ1) is 20.7. The summed E-state index contributed by atoms with van der Waals surface area (Å²) in [5.41, 5.74) is 0.0894. The van der Waals surface area contributed by atoms with Gasteiger partial charge in [-0.15, -0.1) is 0 Å². The highest BCUT2D eigenvalue weighted by Crippen LogP contribution is 2.21. The maximum absolute atomic E-state index is 12.8. The SMILES string of the molecule is COc1ccc(S(N)(=O)=O)cc1C(=O)NCCCCOc1ccc(F)cc1. The van der Waals surface area contributed by atoms with E-state index >= 15 is 0 Å². The lowest BCUT2D eigenvalue weighted by molar-refractivity contribution is 0.0949. The van der Waals surface area contributed by atoms with Gasteiger partial charge in [-0.1, -0.05) is 0 Å². The van der Waals surface area contributed by atoms with Crippen LogP contribution in [-0.4, -0.2) is 34.6 Å². The summed E-state index contributed by atoms with van der Waals surface area (Å²) < 4.78 is 46.2. The van der Waals surface area contributed by atoms with E-state index in [2.05, 4.69) is 5.32 Å². The van der Waals surface area contributed by atoms with Crippen LogP contribution in [0.15, 0.2) is 47.4 Å². The number of methoxy groups -OCH3 is 1. The minimum Gasteiger partial charge on any atom is -0.496 e. The van der Waals surface area contributed by atoms with Gasteiger partial charge in [-0.25, -0.2) is 17.9 Å². The third kappa shape index (κ3) is 6.22. The van der Waals surface area contributed by atoms with E-state index in [4.69, 9.17) is 14.6 Å². The van der Waals surface area contributed by atoms with Crippen molar-refractivity contribution in [3.05, 3.63) is 53.8 Å². The fourth-order valence-corrected chi connectivity index (χ4v) is 2.83. The molecule has 0 aromatic heterocycles. The molecule has 0 saturated carbocycles. The van der Waals surface area contributed by atoms with E-state index in [9.17, 15) is 17.6 Å². The second kappa shape index (κ2) is 9.33. The van der Waals surface area contributed by atoms with Crippen LogP contribution in [0, 0.1) is 5.82 Å². The van der Waals surface area contributed by atoms with Gasteiger partial charge >= 0.3 is 0 Å². The number of rotatable bonds is 9. The normalized spacial score (nSPS) is 11.1. The Morgan fingerprint density at radius 1 is 1.15 bits per heavy atom. The van der Waals surface area contributed by atoms with Gasteiger partial charge in [0.25, 0.3) is 5.91 Å². The third-order valence-electron chi connectivity index (χ3n) is 3.68. The molecule has 2 rings (SSSR count). The van der Waals surface area contributed by atoms with Crippen LogP contribution in [-0.2, 0) is 10.0 Å². The van der Waals surface area contributed by atoms with E-state index in [1.165, 1.54) is 37.4 Å². The molecule has 0 bridgehead atoms. The van der Waals surface area contributed by atoms with Crippen molar-refractivity contribution >= 4 is 15.9 Å². The van der Waals surface area contributed by atoms with Gasteiger partial charge in [0, 0.05) is 6.54 Å². The van der Waals surface area contributed by atoms with Crippen molar-refractivity contribution in [2.45, 2.75) is 17.7 Å². The van der Waals surface area contributed by atoms with Crippen LogP contribution in [0.4, 0.5) is 4.39 Å². The summed E-state index contributed by atoms with van der Waals surface area (Å²) in [7, 11) is -2.54. The minimum atomic E-state index is -3.92. The van der Waals surface area contributed by atoms with Gasteiger partial charge in [-0.3, -0.25) is 4.79 Å². The Balaban J connectivity index is 1.82. The lowest BCUT2D eigenvalue weighted by atomic mass is 10.2. The van der Waals surface area contributed by atoms with Gasteiger partial charge in [-0.05, 0) is 55.3 Å². The predicted molar refractivity (Wildman–Crippen MR) is 97.8 cm³/mol. The zero-order chi connectivity index (χ0) is 19.9. The molecule has 3 N–H and O–H groups in total. The Bertz CT molecular complexity index is 885. The fourth-order valence-electron chi connectivity index (χ4n) is 2.29. The first-order chi connectivity index (χ1) is 12.8. The van der Waals surface area contributed by atoms with Gasteiger partial charge in [0.2, 0.25) is 10.0 Å². The predicted octanol–water partition coefficient (Wildman–Crippen LogP) is 2.07. The van der Waals surface area contributed by atoms with Gasteiger partial charge in [-0.2, -0.15) is 0 Å². The molecule has 27 heavy (non-hydrogen) atoms. The molecule has 1 amide bonds. The van der Waals surface area contributed by atoms with E-state index in [0.717, 1.165) is 0 Å². The van der Waals surface area contributed by atoms with Crippen molar-refractivity contribution in [3.8, 4) is 11.5 Å². The Labute approximate surface area is 157 Å². The van der Waals surface area contributed by atoms with E-state index in [1.807, 2.05) is 0 Å². The van der Waals surface area contributed by atoms with Crippen LogP contribution < -0.4 is 19.9 Å². The fraction of sp³-hybridized carbons (Fsp3) is 0.278. The van der Waals surface area contributed by atoms with Crippen molar-refractivity contribution in [2.75, 3.05) is 20.3 Å². The number of amides is 1. The number of unbranched alkanes of at least 4 members (excludes halogenated alkanes) is 1. The van der Waals surface area contributed by atoms with Crippen LogP contribution in [0.2, 0.25) is 0 Å². The van der Waals surface area contributed by atoms with Crippen LogP contribution in [0.1, 0.15) is 23.2 Å². The number of halogens is 1. The lowest BCUT2D eigenvalue weighted by Crippen LogP contribution is -2.25. The standard InChI is InChI=1S/C18H21FN2O5S/c1-25-17-9-8-15(27(20,23)24)12-16(17)18(22)21-10-2-3-11-26-14-6-4-13(19)5-7-14/h4-9,12H,2-3,10-11H2,1H3,(H,21,22)(H2,20,23,24). The van der Waals surface area contributed by atoms with Crippen molar-refractivity contribution in [3.63, 3.8) is 0 Å². The summed E-state index contributed by atoms with van der Waals surface area (Å²) in [4.78, 5) is 12.1. The van der Waals surface area contributed by atoms with E-state index in [0.29, 0.717) is 31.7 Å². The van der Waals surface area contributed by atoms with Crippen molar-refractivity contribution in [1.29, 1.82) is 0 Å². The number of benzene rings is 2. The molecule has 0 unspecified atom stereocenters. The molecule has 7 nitrogen and oxygen atoms in total. The van der Waals surface area contributed by atoms with Gasteiger partial charge in [0.05, 0.1) is 24.2 Å². The lowest BCUT2D eigenvalue weighted by Gasteiger charge is -2.11. The maximum atomic E-state index is 12.8. The zero-order valence-electron chi connectivity index (χ0n) is 14.8. The summed E-state index contributed by atoms with van der Waals surface area (Å²) in [6, 6.07) is 9.56. The highest BCUT2D eigenvalue weighted by Gasteiger charge is 2.17. The van der Waals surface area contributed by atoms with E-state index in [1.54, 1.807) is 12.1 Å². The third-order valence-corrected chi connectivity index (χ3v) is 4.59. The quantitative estimate of drug-likeness (QED) is 0.631. The van der Waals surface area contributed by atoms with Crippen LogP contribution in [0.25, 0.3) is 0 Å². The number of carbonyl (C=O) groups is 1. The number of nitrogens with one attached hydrogen (secondary N) is 1. The number of carbonyl (C=O) groups excluding carboxylic acids is 1. The van der Waals surface area contributed by atoms with Crippen molar-refractivity contribution in [1.82, 2.24) is 5.32 Å². The molecular formula is C18H21FN2O5S. The Morgan fingerprint density at radius 3 is 2.48 bits per heavy atom. The molecule has 0 aliphatic rings. The molecule has 146 valence electrons. The maximum Gasteiger partial charge on any atom is 0.255 e. The van der Waals surface area contributed by atoms with Crippen molar-refractivity contribution in [2.24, 2.45) is 5.14 Å². The molecule has 0 saturated heterocycles. The number of primary sulfonamides is 1. The molecule has 0 atom stereocenters. The highest BCUT2D eigenvalue weighted by molar-refractivity contribution is 7.89. The molecule has 2 aromatic carbocycles. The molecule has 9 heteroatoms. The summed E-state index contributed by atoms with van der Waals surface area (Å²) in [5.74, 6) is 0.0355. The summed E-state index contributed by atoms with van der Waals surface area (Å²) in [6.07, 6.45) is 1.32. The molecule has 0 aliphatic heterocycles. The smallest absolute Gasteiger partial charge is 0.255 e. The summed E-state index contributed by atoms with van der Waals surface area (Å²) in [5, 5.41) is 7.79. The first-order valence-electron chi connectivity index (χ1n) is 8.18. The Morgan fingerprint density at radius 2 is 1.85 bits per heavy atom. The van der Waals surface area contributed by atoms with Crippen LogP contribution in [0.3, 0.4) is 0 Å². The summed E-state index contributed by atoms with van der Waals surface area (Å²) >= 11 is 0. The molecule has 0 heterocycles. The number of sulfonamides is 1.